The molecule has 0 saturated heterocycles. The lowest BCUT2D eigenvalue weighted by atomic mass is 10.2. The van der Waals surface area contributed by atoms with Crippen molar-refractivity contribution >= 4 is 27.3 Å². The summed E-state index contributed by atoms with van der Waals surface area (Å²) in [6, 6.07) is 10.0. The third-order valence-corrected chi connectivity index (χ3v) is 6.49. The summed E-state index contributed by atoms with van der Waals surface area (Å²) in [6.45, 7) is 2.29. The van der Waals surface area contributed by atoms with E-state index in [9.17, 15) is 9.00 Å². The molecule has 2 aliphatic rings. The molecule has 0 spiro atoms. The molecule has 1 aliphatic heterocycles. The fourth-order valence-electron chi connectivity index (χ4n) is 3.20. The first-order valence-corrected chi connectivity index (χ1v) is 11.0. The van der Waals surface area contributed by atoms with Crippen LogP contribution in [0.2, 0.25) is 0 Å². The van der Waals surface area contributed by atoms with Gasteiger partial charge >= 0.3 is 0 Å². The van der Waals surface area contributed by atoms with Gasteiger partial charge in [0, 0.05) is 17.4 Å². The number of fused-ring (bicyclic) bond motifs is 1. The van der Waals surface area contributed by atoms with Crippen LogP contribution in [0.1, 0.15) is 37.3 Å². The number of hydrogen-bond acceptors (Lipinski definition) is 6. The van der Waals surface area contributed by atoms with Crippen LogP contribution in [0.25, 0.3) is 0 Å². The number of nitrogens with zero attached hydrogens (tertiary/aromatic N) is 3. The molecular formula is C19H23N5O2S. The molecule has 0 bridgehead atoms. The van der Waals surface area contributed by atoms with E-state index in [-0.39, 0.29) is 23.2 Å². The van der Waals surface area contributed by atoms with Gasteiger partial charge in [0.05, 0.1) is 13.0 Å². The Morgan fingerprint density at radius 2 is 2.00 bits per heavy atom. The second-order valence-electron chi connectivity index (χ2n) is 7.10. The second-order valence-corrected chi connectivity index (χ2v) is 9.22. The second kappa shape index (κ2) is 6.92. The molecule has 1 unspecified atom stereocenters. The molecule has 2 N–H and O–H groups in total. The first-order chi connectivity index (χ1) is 13.0. The molecule has 0 radical (unpaired) electrons. The average Bonchev–Trinajstić information content (AvgIpc) is 3.40. The van der Waals surface area contributed by atoms with Crippen molar-refractivity contribution in [2.24, 2.45) is 0 Å². The molecule has 8 heteroatoms. The zero-order chi connectivity index (χ0) is 19.0. The molecule has 1 aliphatic carbocycles. The van der Waals surface area contributed by atoms with Gasteiger partial charge in [-0.25, -0.2) is 19.0 Å². The van der Waals surface area contributed by atoms with Crippen molar-refractivity contribution in [2.75, 3.05) is 16.0 Å². The van der Waals surface area contributed by atoms with Gasteiger partial charge in [0.2, 0.25) is 11.1 Å². The zero-order valence-electron chi connectivity index (χ0n) is 15.3. The van der Waals surface area contributed by atoms with Gasteiger partial charge in [-0.15, -0.1) is 0 Å². The van der Waals surface area contributed by atoms with Crippen LogP contribution in [-0.2, 0) is 27.5 Å². The van der Waals surface area contributed by atoms with Crippen molar-refractivity contribution in [3.8, 4) is 0 Å². The lowest BCUT2D eigenvalue weighted by molar-refractivity contribution is -0.117. The van der Waals surface area contributed by atoms with Crippen LogP contribution in [0.15, 0.2) is 35.5 Å². The Morgan fingerprint density at radius 1 is 1.26 bits per heavy atom. The molecule has 1 atom stereocenters. The number of benzene rings is 1. The quantitative estimate of drug-likeness (QED) is 0.714. The molecule has 1 aromatic carbocycles. The monoisotopic (exact) mass is 385 g/mol. The Bertz CT molecular complexity index is 971. The van der Waals surface area contributed by atoms with Crippen molar-refractivity contribution in [1.82, 2.24) is 9.97 Å². The van der Waals surface area contributed by atoms with Crippen LogP contribution in [-0.4, -0.2) is 31.9 Å². The number of rotatable bonds is 7. The van der Waals surface area contributed by atoms with Crippen LogP contribution >= 0.6 is 0 Å². The van der Waals surface area contributed by atoms with E-state index in [1.807, 2.05) is 37.3 Å². The normalized spacial score (nSPS) is 18.3. The Hall–Kier alpha value is -2.48. The zero-order valence-corrected chi connectivity index (χ0v) is 16.1. The van der Waals surface area contributed by atoms with E-state index in [1.54, 1.807) is 4.90 Å². The summed E-state index contributed by atoms with van der Waals surface area (Å²) in [5.41, 5.74) is 1.74. The Balaban J connectivity index is 1.77. The number of carbonyl (C=O) groups excluding carboxylic acids is 1. The van der Waals surface area contributed by atoms with E-state index in [0.29, 0.717) is 30.6 Å². The lowest BCUT2D eigenvalue weighted by Gasteiger charge is -2.18. The van der Waals surface area contributed by atoms with Gasteiger partial charge in [0.15, 0.2) is 0 Å². The maximum absolute atomic E-state index is 12.8. The Labute approximate surface area is 159 Å². The highest BCUT2D eigenvalue weighted by molar-refractivity contribution is 7.92. The van der Waals surface area contributed by atoms with E-state index in [0.717, 1.165) is 24.0 Å². The van der Waals surface area contributed by atoms with Crippen LogP contribution in [0.4, 0.5) is 11.6 Å². The highest BCUT2D eigenvalue weighted by Crippen LogP contribution is 2.36. The third kappa shape index (κ3) is 3.66. The standard InChI is InChI=1S/C19H23N5O2S/c1-2-10-27(20,26)19-22-17(21-14-8-9-14)15-11-16(25)24(18(15)23-19)12-13-6-4-3-5-7-13/h3-7,14,20H,2,8-12H2,1H3,(H,21,22,23). The average molecular weight is 385 g/mol. The van der Waals surface area contributed by atoms with Crippen molar-refractivity contribution in [2.45, 2.75) is 50.4 Å². The van der Waals surface area contributed by atoms with Gasteiger partial charge < -0.3 is 5.32 Å². The molecule has 1 fully saturated rings. The van der Waals surface area contributed by atoms with E-state index >= 15 is 0 Å². The molecule has 7 nitrogen and oxygen atoms in total. The van der Waals surface area contributed by atoms with E-state index in [2.05, 4.69) is 15.3 Å². The third-order valence-electron chi connectivity index (χ3n) is 4.74. The number of aromatic nitrogens is 2. The molecular weight excluding hydrogens is 362 g/mol. The summed E-state index contributed by atoms with van der Waals surface area (Å²) in [6.07, 6.45) is 2.95. The van der Waals surface area contributed by atoms with Gasteiger partial charge in [-0.1, -0.05) is 37.3 Å². The summed E-state index contributed by atoms with van der Waals surface area (Å²) in [7, 11) is -3.08. The maximum Gasteiger partial charge on any atom is 0.233 e. The van der Waals surface area contributed by atoms with Gasteiger partial charge in [-0.3, -0.25) is 9.69 Å². The minimum absolute atomic E-state index is 0.0269. The molecule has 2 heterocycles. The summed E-state index contributed by atoms with van der Waals surface area (Å²) < 4.78 is 21.0. The fourth-order valence-corrected chi connectivity index (χ4v) is 4.43. The lowest BCUT2D eigenvalue weighted by Crippen LogP contribution is -2.27. The predicted octanol–water partition coefficient (Wildman–Crippen LogP) is 2.96. The van der Waals surface area contributed by atoms with Gasteiger partial charge in [0.1, 0.15) is 21.4 Å². The smallest absolute Gasteiger partial charge is 0.233 e. The molecule has 142 valence electrons. The van der Waals surface area contributed by atoms with E-state index in [4.69, 9.17) is 4.78 Å². The minimum Gasteiger partial charge on any atom is -0.367 e. The van der Waals surface area contributed by atoms with Crippen molar-refractivity contribution < 1.29 is 9.00 Å². The molecule has 2 aromatic rings. The highest BCUT2D eigenvalue weighted by atomic mass is 32.2. The molecule has 27 heavy (non-hydrogen) atoms. The SMILES string of the molecule is CCCS(=N)(=O)c1nc(NC2CC2)c2c(n1)N(Cc1ccccc1)C(=O)C2. The largest absolute Gasteiger partial charge is 0.367 e. The van der Waals surface area contributed by atoms with Crippen molar-refractivity contribution in [1.29, 1.82) is 4.78 Å². The Morgan fingerprint density at radius 3 is 2.67 bits per heavy atom. The van der Waals surface area contributed by atoms with Crippen LogP contribution < -0.4 is 10.2 Å². The molecule has 1 amide bonds. The summed E-state index contributed by atoms with van der Waals surface area (Å²) in [5, 5.41) is 3.36. The molecule has 1 saturated carbocycles. The van der Waals surface area contributed by atoms with E-state index in [1.165, 1.54) is 0 Å². The first-order valence-electron chi connectivity index (χ1n) is 9.26. The van der Waals surface area contributed by atoms with E-state index < -0.39 is 9.73 Å². The number of carbonyl (C=O) groups is 1. The minimum atomic E-state index is -3.08. The predicted molar refractivity (Wildman–Crippen MR) is 104 cm³/mol. The van der Waals surface area contributed by atoms with Crippen LogP contribution in [0.3, 0.4) is 0 Å². The van der Waals surface area contributed by atoms with Crippen molar-refractivity contribution in [3.63, 3.8) is 0 Å². The molecule has 1 aromatic heterocycles. The topological polar surface area (TPSA) is 99.0 Å². The van der Waals surface area contributed by atoms with Crippen molar-refractivity contribution in [3.05, 3.63) is 41.5 Å². The summed E-state index contributed by atoms with van der Waals surface area (Å²) >= 11 is 0. The molecule has 4 rings (SSSR count). The summed E-state index contributed by atoms with van der Waals surface area (Å²) in [5.74, 6) is 1.22. The maximum atomic E-state index is 12.8. The van der Waals surface area contributed by atoms with Crippen LogP contribution in [0, 0.1) is 4.78 Å². The fraction of sp³-hybridized carbons (Fsp3) is 0.421. The first kappa shape index (κ1) is 17.9. The van der Waals surface area contributed by atoms with Crippen LogP contribution in [0.5, 0.6) is 0 Å². The van der Waals surface area contributed by atoms with Gasteiger partial charge in [-0.05, 0) is 24.8 Å². The number of amides is 1. The Kier molecular flexibility index (Phi) is 4.59. The number of nitrogens with one attached hydrogen (secondary N) is 2. The summed E-state index contributed by atoms with van der Waals surface area (Å²) in [4.78, 5) is 23.2. The number of anilines is 2. The highest BCUT2D eigenvalue weighted by Gasteiger charge is 2.35. The van der Waals surface area contributed by atoms with Gasteiger partial charge in [-0.2, -0.15) is 0 Å². The number of hydrogen-bond donors (Lipinski definition) is 2. The van der Waals surface area contributed by atoms with Gasteiger partial charge in [0.25, 0.3) is 0 Å².